The Balaban J connectivity index is 3.17. The minimum atomic E-state index is -0.316. The van der Waals surface area contributed by atoms with E-state index in [0.717, 1.165) is 12.8 Å². The summed E-state index contributed by atoms with van der Waals surface area (Å²) < 4.78 is 5.18. The van der Waals surface area contributed by atoms with E-state index in [1.807, 2.05) is 6.92 Å². The summed E-state index contributed by atoms with van der Waals surface area (Å²) in [5, 5.41) is 9.00. The van der Waals surface area contributed by atoms with Crippen molar-refractivity contribution < 1.29 is 14.6 Å². The first-order chi connectivity index (χ1) is 12.2. The zero-order valence-corrected chi connectivity index (χ0v) is 17.1. The average Bonchev–Trinajstić information content (AvgIpc) is 2.62. The van der Waals surface area contributed by atoms with E-state index < -0.39 is 0 Å². The van der Waals surface area contributed by atoms with Crippen LogP contribution >= 0.6 is 0 Å². The van der Waals surface area contributed by atoms with E-state index in [-0.39, 0.29) is 18.7 Å². The van der Waals surface area contributed by atoms with Crippen LogP contribution in [0.1, 0.15) is 123 Å². The molecule has 0 saturated carbocycles. The molecule has 3 nitrogen and oxygen atoms in total. The molecule has 0 amide bonds. The molecule has 150 valence electrons. The number of carbonyl (C=O) groups excluding carboxylic acids is 1. The van der Waals surface area contributed by atoms with Gasteiger partial charge in [0.2, 0.25) is 0 Å². The van der Waals surface area contributed by atoms with Gasteiger partial charge in [-0.2, -0.15) is 0 Å². The smallest absolute Gasteiger partial charge is 0.306 e. The summed E-state index contributed by atoms with van der Waals surface area (Å²) in [6.07, 6.45) is 20.8. The molecule has 0 aromatic heterocycles. The van der Waals surface area contributed by atoms with Crippen molar-refractivity contribution >= 4 is 5.97 Å². The molecular formula is C22H44O3. The quantitative estimate of drug-likeness (QED) is 0.210. The molecule has 1 atom stereocenters. The van der Waals surface area contributed by atoms with Crippen molar-refractivity contribution in [1.29, 1.82) is 0 Å². The summed E-state index contributed by atoms with van der Waals surface area (Å²) in [7, 11) is 0. The van der Waals surface area contributed by atoms with Gasteiger partial charge in [-0.3, -0.25) is 4.79 Å². The van der Waals surface area contributed by atoms with Gasteiger partial charge >= 0.3 is 5.97 Å². The van der Waals surface area contributed by atoms with Gasteiger partial charge in [0.1, 0.15) is 6.10 Å². The van der Waals surface area contributed by atoms with Gasteiger partial charge in [0.05, 0.1) is 6.61 Å². The Hall–Kier alpha value is -0.570. The SMILES string of the molecule is CCCCCCCCCCCCCCCCCC(=O)O[C@H](CC)CO. The van der Waals surface area contributed by atoms with Gasteiger partial charge in [0.25, 0.3) is 0 Å². The van der Waals surface area contributed by atoms with Crippen molar-refractivity contribution in [3.05, 3.63) is 0 Å². The Morgan fingerprint density at radius 3 is 1.48 bits per heavy atom. The fourth-order valence-electron chi connectivity index (χ4n) is 3.14. The lowest BCUT2D eigenvalue weighted by atomic mass is 10.0. The zero-order chi connectivity index (χ0) is 18.6. The largest absolute Gasteiger partial charge is 0.460 e. The number of hydrogen-bond donors (Lipinski definition) is 1. The Morgan fingerprint density at radius 1 is 0.720 bits per heavy atom. The third kappa shape index (κ3) is 18.0. The number of hydrogen-bond acceptors (Lipinski definition) is 3. The monoisotopic (exact) mass is 356 g/mol. The third-order valence-electron chi connectivity index (χ3n) is 4.94. The molecular weight excluding hydrogens is 312 g/mol. The van der Waals surface area contributed by atoms with Crippen LogP contribution in [0.15, 0.2) is 0 Å². The molecule has 0 aromatic carbocycles. The molecule has 3 heteroatoms. The van der Waals surface area contributed by atoms with E-state index in [0.29, 0.717) is 12.8 Å². The molecule has 0 bridgehead atoms. The topological polar surface area (TPSA) is 46.5 Å². The van der Waals surface area contributed by atoms with Crippen molar-refractivity contribution in [2.45, 2.75) is 129 Å². The number of aliphatic hydroxyl groups is 1. The minimum Gasteiger partial charge on any atom is -0.460 e. The molecule has 0 radical (unpaired) electrons. The van der Waals surface area contributed by atoms with Crippen LogP contribution in [0.2, 0.25) is 0 Å². The summed E-state index contributed by atoms with van der Waals surface area (Å²) in [6, 6.07) is 0. The maximum atomic E-state index is 11.6. The Kier molecular flexibility index (Phi) is 19.3. The summed E-state index contributed by atoms with van der Waals surface area (Å²) in [6.45, 7) is 4.12. The number of carbonyl (C=O) groups is 1. The van der Waals surface area contributed by atoms with Crippen molar-refractivity contribution in [2.75, 3.05) is 6.61 Å². The third-order valence-corrected chi connectivity index (χ3v) is 4.94. The van der Waals surface area contributed by atoms with Crippen LogP contribution in [-0.4, -0.2) is 23.8 Å². The van der Waals surface area contributed by atoms with Crippen LogP contribution in [0.4, 0.5) is 0 Å². The second kappa shape index (κ2) is 19.8. The van der Waals surface area contributed by atoms with Gasteiger partial charge in [-0.25, -0.2) is 0 Å². The first-order valence-corrected chi connectivity index (χ1v) is 11.0. The highest BCUT2D eigenvalue weighted by molar-refractivity contribution is 5.69. The number of rotatable bonds is 19. The van der Waals surface area contributed by atoms with Crippen molar-refractivity contribution in [3.63, 3.8) is 0 Å². The van der Waals surface area contributed by atoms with E-state index in [1.54, 1.807) is 0 Å². The highest BCUT2D eigenvalue weighted by atomic mass is 16.5. The Labute approximate surface area is 156 Å². The van der Waals surface area contributed by atoms with Crippen LogP contribution in [0.25, 0.3) is 0 Å². The molecule has 0 unspecified atom stereocenters. The summed E-state index contributed by atoms with van der Waals surface area (Å²) in [4.78, 5) is 11.6. The Morgan fingerprint density at radius 2 is 1.12 bits per heavy atom. The number of aliphatic hydroxyl groups excluding tert-OH is 1. The molecule has 0 saturated heterocycles. The average molecular weight is 357 g/mol. The van der Waals surface area contributed by atoms with Crippen LogP contribution in [0.3, 0.4) is 0 Å². The van der Waals surface area contributed by atoms with Gasteiger partial charge < -0.3 is 9.84 Å². The summed E-state index contributed by atoms with van der Waals surface area (Å²) in [5.41, 5.74) is 0. The van der Waals surface area contributed by atoms with Crippen LogP contribution in [0.5, 0.6) is 0 Å². The molecule has 0 spiro atoms. The van der Waals surface area contributed by atoms with E-state index >= 15 is 0 Å². The van der Waals surface area contributed by atoms with E-state index in [2.05, 4.69) is 6.92 Å². The molecule has 1 N–H and O–H groups in total. The van der Waals surface area contributed by atoms with Gasteiger partial charge in [-0.1, -0.05) is 104 Å². The standard InChI is InChI=1S/C22H44O3/c1-3-5-6-7-8-9-10-11-12-13-14-15-16-17-18-19-22(24)25-21(4-2)20-23/h21,23H,3-20H2,1-2H3/t21-/m1/s1. The molecule has 0 rings (SSSR count). The predicted molar refractivity (Wildman–Crippen MR) is 107 cm³/mol. The first kappa shape index (κ1) is 24.4. The number of ether oxygens (including phenoxy) is 1. The van der Waals surface area contributed by atoms with E-state index in [9.17, 15) is 4.79 Å². The molecule has 0 aromatic rings. The van der Waals surface area contributed by atoms with Crippen LogP contribution in [-0.2, 0) is 9.53 Å². The molecule has 0 aliphatic rings. The second-order valence-corrected chi connectivity index (χ2v) is 7.40. The summed E-state index contributed by atoms with van der Waals surface area (Å²) in [5.74, 6) is -0.157. The van der Waals surface area contributed by atoms with Gasteiger partial charge in [-0.05, 0) is 12.8 Å². The van der Waals surface area contributed by atoms with Crippen LogP contribution < -0.4 is 0 Å². The lowest BCUT2D eigenvalue weighted by Gasteiger charge is -2.12. The van der Waals surface area contributed by atoms with E-state index in [4.69, 9.17) is 9.84 Å². The minimum absolute atomic E-state index is 0.0684. The zero-order valence-electron chi connectivity index (χ0n) is 17.1. The van der Waals surface area contributed by atoms with Crippen LogP contribution in [0, 0.1) is 0 Å². The molecule has 0 aliphatic heterocycles. The number of unbranched alkanes of at least 4 members (excludes halogenated alkanes) is 14. The Bertz CT molecular complexity index is 274. The fourth-order valence-corrected chi connectivity index (χ4v) is 3.14. The molecule has 0 aliphatic carbocycles. The maximum absolute atomic E-state index is 11.6. The van der Waals surface area contributed by atoms with Crippen molar-refractivity contribution in [3.8, 4) is 0 Å². The van der Waals surface area contributed by atoms with Gasteiger partial charge in [0.15, 0.2) is 0 Å². The molecule has 0 fully saturated rings. The van der Waals surface area contributed by atoms with Crippen molar-refractivity contribution in [1.82, 2.24) is 0 Å². The summed E-state index contributed by atoms with van der Waals surface area (Å²) >= 11 is 0. The van der Waals surface area contributed by atoms with Crippen molar-refractivity contribution in [2.24, 2.45) is 0 Å². The number of esters is 1. The first-order valence-electron chi connectivity index (χ1n) is 11.0. The second-order valence-electron chi connectivity index (χ2n) is 7.40. The predicted octanol–water partition coefficient (Wildman–Crippen LogP) is 6.56. The normalized spacial score (nSPS) is 12.3. The lowest BCUT2D eigenvalue weighted by molar-refractivity contribution is -0.151. The van der Waals surface area contributed by atoms with Gasteiger partial charge in [0, 0.05) is 6.42 Å². The molecule has 0 heterocycles. The lowest BCUT2D eigenvalue weighted by Crippen LogP contribution is -2.20. The molecule has 25 heavy (non-hydrogen) atoms. The highest BCUT2D eigenvalue weighted by Gasteiger charge is 2.10. The fraction of sp³-hybridized carbons (Fsp3) is 0.955. The van der Waals surface area contributed by atoms with E-state index in [1.165, 1.54) is 83.5 Å². The highest BCUT2D eigenvalue weighted by Crippen LogP contribution is 2.14. The van der Waals surface area contributed by atoms with Gasteiger partial charge in [-0.15, -0.1) is 0 Å². The maximum Gasteiger partial charge on any atom is 0.306 e.